The summed E-state index contributed by atoms with van der Waals surface area (Å²) in [5, 5.41) is 11.1. The summed E-state index contributed by atoms with van der Waals surface area (Å²) in [4.78, 5) is 4.08. The van der Waals surface area contributed by atoms with Gasteiger partial charge in [0.2, 0.25) is 0 Å². The Kier molecular flexibility index (Phi) is 5.03. The second-order valence-corrected chi connectivity index (χ2v) is 7.32. The van der Waals surface area contributed by atoms with E-state index in [4.69, 9.17) is 0 Å². The molecule has 0 radical (unpaired) electrons. The van der Waals surface area contributed by atoms with Crippen LogP contribution in [0.4, 0.5) is 17.6 Å². The van der Waals surface area contributed by atoms with Gasteiger partial charge in [-0.25, -0.2) is 18.4 Å². The van der Waals surface area contributed by atoms with E-state index in [1.54, 1.807) is 18.2 Å². The number of benzene rings is 2. The Morgan fingerprint density at radius 1 is 1.03 bits per heavy atom. The van der Waals surface area contributed by atoms with E-state index < -0.39 is 35.7 Å². The SMILES string of the molecule is Fc1ccc(C(Cn2cnnn2)C(F)(F)c2ccc3cc(Br)ccc3n2)c(F)c1. The number of nitrogens with zero attached hydrogens (tertiary/aromatic N) is 5. The Morgan fingerprint density at radius 2 is 1.86 bits per heavy atom. The molecular weight excluding hydrogens is 454 g/mol. The molecule has 0 N–H and O–H groups in total. The van der Waals surface area contributed by atoms with E-state index in [-0.39, 0.29) is 5.56 Å². The van der Waals surface area contributed by atoms with Gasteiger partial charge in [0.05, 0.1) is 18.0 Å². The number of pyridine rings is 1. The smallest absolute Gasteiger partial charge is 0.246 e. The topological polar surface area (TPSA) is 56.5 Å². The van der Waals surface area contributed by atoms with Crippen molar-refractivity contribution in [2.75, 3.05) is 0 Å². The third-order valence-electron chi connectivity index (χ3n) is 4.53. The molecule has 0 aliphatic carbocycles. The second kappa shape index (κ2) is 7.51. The molecule has 29 heavy (non-hydrogen) atoms. The van der Waals surface area contributed by atoms with Crippen LogP contribution in [0.5, 0.6) is 0 Å². The molecule has 2 heterocycles. The molecule has 5 nitrogen and oxygen atoms in total. The lowest BCUT2D eigenvalue weighted by Crippen LogP contribution is -2.30. The lowest BCUT2D eigenvalue weighted by Gasteiger charge is -2.27. The van der Waals surface area contributed by atoms with E-state index in [0.717, 1.165) is 27.6 Å². The monoisotopic (exact) mass is 465 g/mol. The maximum Gasteiger partial charge on any atom is 0.298 e. The van der Waals surface area contributed by atoms with Gasteiger partial charge in [-0.15, -0.1) is 5.10 Å². The third kappa shape index (κ3) is 3.84. The Morgan fingerprint density at radius 3 is 2.59 bits per heavy atom. The minimum atomic E-state index is -3.59. The highest BCUT2D eigenvalue weighted by Crippen LogP contribution is 2.43. The largest absolute Gasteiger partial charge is 0.298 e. The fraction of sp³-hybridized carbons (Fsp3) is 0.158. The van der Waals surface area contributed by atoms with Crippen LogP contribution in [0.3, 0.4) is 0 Å². The van der Waals surface area contributed by atoms with Gasteiger partial charge >= 0.3 is 0 Å². The number of alkyl halides is 2. The standard InChI is InChI=1S/C19H12BrF4N5/c20-12-2-5-17-11(7-12)1-6-18(26-17)19(23,24)15(9-29-10-25-27-28-29)14-4-3-13(21)8-16(14)22/h1-8,10,15H,9H2. The van der Waals surface area contributed by atoms with Crippen LogP contribution in [0.15, 0.2) is 59.3 Å². The van der Waals surface area contributed by atoms with Gasteiger partial charge in [0, 0.05) is 15.9 Å². The first kappa shape index (κ1) is 19.4. The van der Waals surface area contributed by atoms with Gasteiger partial charge in [-0.05, 0) is 46.3 Å². The molecule has 1 unspecified atom stereocenters. The van der Waals surface area contributed by atoms with Crippen molar-refractivity contribution >= 4 is 26.8 Å². The number of hydrogen-bond donors (Lipinski definition) is 0. The fourth-order valence-corrected chi connectivity index (χ4v) is 3.48. The van der Waals surface area contributed by atoms with Crippen molar-refractivity contribution in [2.45, 2.75) is 18.4 Å². The first-order valence-electron chi connectivity index (χ1n) is 8.45. The molecule has 0 aliphatic rings. The van der Waals surface area contributed by atoms with E-state index in [0.29, 0.717) is 17.0 Å². The van der Waals surface area contributed by atoms with Crippen molar-refractivity contribution < 1.29 is 17.6 Å². The van der Waals surface area contributed by atoms with Crippen LogP contribution in [0, 0.1) is 11.6 Å². The predicted octanol–water partition coefficient (Wildman–Crippen LogP) is 4.84. The Balaban J connectivity index is 1.82. The molecule has 2 aromatic carbocycles. The molecule has 0 amide bonds. The Hall–Kier alpha value is -2.88. The van der Waals surface area contributed by atoms with Gasteiger partial charge in [-0.2, -0.15) is 8.78 Å². The molecule has 4 rings (SSSR count). The summed E-state index contributed by atoms with van der Waals surface area (Å²) >= 11 is 3.32. The first-order valence-corrected chi connectivity index (χ1v) is 9.24. The number of rotatable bonds is 5. The van der Waals surface area contributed by atoms with Crippen molar-refractivity contribution in [3.05, 3.63) is 82.2 Å². The van der Waals surface area contributed by atoms with E-state index in [1.807, 2.05) is 0 Å². The van der Waals surface area contributed by atoms with Crippen molar-refractivity contribution in [1.82, 2.24) is 25.2 Å². The van der Waals surface area contributed by atoms with Crippen LogP contribution in [-0.2, 0) is 12.5 Å². The van der Waals surface area contributed by atoms with Gasteiger partial charge in [0.15, 0.2) is 0 Å². The zero-order valence-corrected chi connectivity index (χ0v) is 16.2. The second-order valence-electron chi connectivity index (χ2n) is 6.41. The first-order chi connectivity index (χ1) is 13.8. The number of aromatic nitrogens is 5. The molecular formula is C19H12BrF4N5. The summed E-state index contributed by atoms with van der Waals surface area (Å²) in [6.45, 7) is -0.428. The van der Waals surface area contributed by atoms with Gasteiger partial charge < -0.3 is 0 Å². The molecule has 0 bridgehead atoms. The number of fused-ring (bicyclic) bond motifs is 1. The molecule has 4 aromatic rings. The van der Waals surface area contributed by atoms with Crippen LogP contribution in [0.2, 0.25) is 0 Å². The Bertz CT molecular complexity index is 1170. The average molecular weight is 466 g/mol. The van der Waals surface area contributed by atoms with Gasteiger partial charge in [0.25, 0.3) is 5.92 Å². The number of tetrazole rings is 1. The highest BCUT2D eigenvalue weighted by molar-refractivity contribution is 9.10. The van der Waals surface area contributed by atoms with E-state index in [2.05, 4.69) is 36.4 Å². The van der Waals surface area contributed by atoms with E-state index in [1.165, 1.54) is 12.1 Å². The van der Waals surface area contributed by atoms with Crippen molar-refractivity contribution in [3.63, 3.8) is 0 Å². The minimum absolute atomic E-state index is 0.357. The van der Waals surface area contributed by atoms with Crippen LogP contribution >= 0.6 is 15.9 Å². The van der Waals surface area contributed by atoms with Crippen molar-refractivity contribution in [3.8, 4) is 0 Å². The normalized spacial score (nSPS) is 13.0. The lowest BCUT2D eigenvalue weighted by atomic mass is 9.89. The maximum absolute atomic E-state index is 15.6. The van der Waals surface area contributed by atoms with Crippen molar-refractivity contribution in [2.24, 2.45) is 0 Å². The number of hydrogen-bond acceptors (Lipinski definition) is 4. The maximum atomic E-state index is 15.6. The zero-order chi connectivity index (χ0) is 20.6. The molecule has 1 atom stereocenters. The van der Waals surface area contributed by atoms with Crippen LogP contribution in [-0.4, -0.2) is 25.2 Å². The van der Waals surface area contributed by atoms with Crippen LogP contribution < -0.4 is 0 Å². The zero-order valence-electron chi connectivity index (χ0n) is 14.6. The Labute approximate surface area is 170 Å². The highest BCUT2D eigenvalue weighted by atomic mass is 79.9. The fourth-order valence-electron chi connectivity index (χ4n) is 3.10. The summed E-state index contributed by atoms with van der Waals surface area (Å²) in [7, 11) is 0. The van der Waals surface area contributed by atoms with Crippen molar-refractivity contribution in [1.29, 1.82) is 0 Å². The molecule has 0 fully saturated rings. The molecule has 0 aliphatic heterocycles. The van der Waals surface area contributed by atoms with E-state index >= 15 is 8.78 Å². The summed E-state index contributed by atoms with van der Waals surface area (Å²) < 4.78 is 60.7. The molecule has 148 valence electrons. The van der Waals surface area contributed by atoms with Gasteiger partial charge in [-0.3, -0.25) is 0 Å². The molecule has 2 aromatic heterocycles. The minimum Gasteiger partial charge on any atom is -0.246 e. The van der Waals surface area contributed by atoms with Crippen LogP contribution in [0.1, 0.15) is 17.2 Å². The molecule has 0 saturated heterocycles. The summed E-state index contributed by atoms with van der Waals surface area (Å²) in [6, 6.07) is 10.3. The molecule has 0 spiro atoms. The van der Waals surface area contributed by atoms with Crippen LogP contribution in [0.25, 0.3) is 10.9 Å². The highest BCUT2D eigenvalue weighted by Gasteiger charge is 2.45. The van der Waals surface area contributed by atoms with E-state index in [9.17, 15) is 8.78 Å². The number of halogens is 5. The predicted molar refractivity (Wildman–Crippen MR) is 100 cm³/mol. The average Bonchev–Trinajstić information content (AvgIpc) is 3.19. The molecule has 0 saturated carbocycles. The molecule has 10 heteroatoms. The quantitative estimate of drug-likeness (QED) is 0.395. The lowest BCUT2D eigenvalue weighted by molar-refractivity contribution is -0.0452. The summed E-state index contributed by atoms with van der Waals surface area (Å²) in [6.07, 6.45) is 1.15. The summed E-state index contributed by atoms with van der Waals surface area (Å²) in [5.41, 5.74) is -0.523. The van der Waals surface area contributed by atoms with Gasteiger partial charge in [-0.1, -0.05) is 28.1 Å². The third-order valence-corrected chi connectivity index (χ3v) is 5.02. The summed E-state index contributed by atoms with van der Waals surface area (Å²) in [5.74, 6) is -7.24. The van der Waals surface area contributed by atoms with Gasteiger partial charge in [0.1, 0.15) is 23.7 Å².